The Balaban J connectivity index is 0.000000202. The molecule has 0 amide bonds. The minimum Gasteiger partial charge on any atom is -0.378 e. The van der Waals surface area contributed by atoms with E-state index >= 15 is 0 Å². The molecule has 2 aliphatic heterocycles. The minimum atomic E-state index is -0.385. The SMILES string of the molecule is CC(Nc1nc(Cl)nc(N2CCOCC2)c1Cl)c1ccc(F)cn1.Clc1nc(Cl)c(Cl)c(N2CCOCC2)n1. The topological polar surface area (TPSA) is 101 Å². The summed E-state index contributed by atoms with van der Waals surface area (Å²) in [7, 11) is 0. The van der Waals surface area contributed by atoms with Gasteiger partial charge in [0.25, 0.3) is 0 Å². The van der Waals surface area contributed by atoms with Crippen LogP contribution in [0.2, 0.25) is 25.8 Å². The van der Waals surface area contributed by atoms with Crippen molar-refractivity contribution in [2.75, 3.05) is 67.7 Å². The van der Waals surface area contributed by atoms with E-state index in [1.165, 1.54) is 12.3 Å². The lowest BCUT2D eigenvalue weighted by Crippen LogP contribution is -2.37. The van der Waals surface area contributed by atoms with Crippen molar-refractivity contribution >= 4 is 75.5 Å². The van der Waals surface area contributed by atoms with Crippen molar-refractivity contribution in [3.63, 3.8) is 0 Å². The van der Waals surface area contributed by atoms with Gasteiger partial charge in [-0.15, -0.1) is 0 Å². The normalized spacial score (nSPS) is 16.4. The van der Waals surface area contributed by atoms with Crippen LogP contribution in [0.4, 0.5) is 21.8 Å². The van der Waals surface area contributed by atoms with Gasteiger partial charge in [0.15, 0.2) is 22.6 Å². The van der Waals surface area contributed by atoms with Gasteiger partial charge in [-0.05, 0) is 42.3 Å². The van der Waals surface area contributed by atoms with Crippen LogP contribution in [0.5, 0.6) is 0 Å². The summed E-state index contributed by atoms with van der Waals surface area (Å²) in [5, 5.41) is 4.26. The van der Waals surface area contributed by atoms with Crippen LogP contribution >= 0.6 is 58.0 Å². The highest BCUT2D eigenvalue weighted by molar-refractivity contribution is 6.43. The van der Waals surface area contributed by atoms with E-state index < -0.39 is 0 Å². The number of pyridine rings is 1. The average Bonchev–Trinajstić information content (AvgIpc) is 2.94. The lowest BCUT2D eigenvalue weighted by molar-refractivity contribution is 0.122. The summed E-state index contributed by atoms with van der Waals surface area (Å²) in [4.78, 5) is 24.3. The molecule has 16 heteroatoms. The lowest BCUT2D eigenvalue weighted by atomic mass is 10.2. The zero-order valence-electron chi connectivity index (χ0n) is 20.7. The number of anilines is 3. The molecule has 0 radical (unpaired) electrons. The number of morpholine rings is 2. The van der Waals surface area contributed by atoms with Crippen molar-refractivity contribution in [1.82, 2.24) is 24.9 Å². The summed E-state index contributed by atoms with van der Waals surface area (Å²) in [6, 6.07) is 2.73. The Morgan fingerprint density at radius 1 is 0.795 bits per heavy atom. The maximum atomic E-state index is 13.0. The Morgan fingerprint density at radius 3 is 1.87 bits per heavy atom. The first-order valence-corrected chi connectivity index (χ1v) is 13.8. The first kappa shape index (κ1) is 30.0. The van der Waals surface area contributed by atoms with Crippen molar-refractivity contribution in [3.05, 3.63) is 55.6 Å². The number of nitrogens with one attached hydrogen (secondary N) is 1. The van der Waals surface area contributed by atoms with Crippen LogP contribution in [0.3, 0.4) is 0 Å². The fourth-order valence-electron chi connectivity index (χ4n) is 3.78. The number of rotatable bonds is 5. The second kappa shape index (κ2) is 14.1. The summed E-state index contributed by atoms with van der Waals surface area (Å²) < 4.78 is 23.6. The summed E-state index contributed by atoms with van der Waals surface area (Å²) in [6.07, 6.45) is 1.17. The summed E-state index contributed by atoms with van der Waals surface area (Å²) >= 11 is 30.0. The molecule has 3 aromatic heterocycles. The van der Waals surface area contributed by atoms with E-state index in [4.69, 9.17) is 67.5 Å². The van der Waals surface area contributed by atoms with Gasteiger partial charge in [-0.1, -0.05) is 34.8 Å². The molecule has 0 aromatic carbocycles. The van der Waals surface area contributed by atoms with E-state index in [0.717, 1.165) is 13.1 Å². The van der Waals surface area contributed by atoms with Gasteiger partial charge < -0.3 is 24.6 Å². The van der Waals surface area contributed by atoms with Gasteiger partial charge in [0.05, 0.1) is 44.4 Å². The predicted molar refractivity (Wildman–Crippen MR) is 151 cm³/mol. The molecule has 1 unspecified atom stereocenters. The number of ether oxygens (including phenoxy) is 2. The Labute approximate surface area is 249 Å². The predicted octanol–water partition coefficient (Wildman–Crippen LogP) is 5.60. The van der Waals surface area contributed by atoms with E-state index in [0.29, 0.717) is 72.7 Å². The average molecular weight is 641 g/mol. The van der Waals surface area contributed by atoms with E-state index in [9.17, 15) is 4.39 Å². The zero-order chi connectivity index (χ0) is 27.9. The molecule has 0 spiro atoms. The van der Waals surface area contributed by atoms with E-state index in [-0.39, 0.29) is 27.6 Å². The van der Waals surface area contributed by atoms with Crippen molar-refractivity contribution in [2.24, 2.45) is 0 Å². The highest BCUT2D eigenvalue weighted by Crippen LogP contribution is 2.34. The monoisotopic (exact) mass is 638 g/mol. The molecule has 0 bridgehead atoms. The molecule has 10 nitrogen and oxygen atoms in total. The number of nitrogens with zero attached hydrogens (tertiary/aromatic N) is 7. The Kier molecular flexibility index (Phi) is 10.8. The molecule has 0 aliphatic carbocycles. The Bertz CT molecular complexity index is 1260. The highest BCUT2D eigenvalue weighted by atomic mass is 35.5. The van der Waals surface area contributed by atoms with Gasteiger partial charge in [0.1, 0.15) is 15.9 Å². The number of hydrogen-bond donors (Lipinski definition) is 1. The molecule has 2 saturated heterocycles. The van der Waals surface area contributed by atoms with Crippen LogP contribution in [0.1, 0.15) is 18.7 Å². The van der Waals surface area contributed by atoms with Crippen LogP contribution in [0.25, 0.3) is 0 Å². The number of aromatic nitrogens is 5. The minimum absolute atomic E-state index is 0.0997. The van der Waals surface area contributed by atoms with Gasteiger partial charge in [0.2, 0.25) is 10.6 Å². The molecule has 1 atom stereocenters. The van der Waals surface area contributed by atoms with Gasteiger partial charge >= 0.3 is 0 Å². The molecule has 5 rings (SSSR count). The largest absolute Gasteiger partial charge is 0.378 e. The number of hydrogen-bond acceptors (Lipinski definition) is 10. The fraction of sp³-hybridized carbons (Fsp3) is 0.435. The van der Waals surface area contributed by atoms with Crippen LogP contribution in [-0.4, -0.2) is 77.5 Å². The van der Waals surface area contributed by atoms with E-state index in [1.54, 1.807) is 6.07 Å². The van der Waals surface area contributed by atoms with Crippen molar-refractivity contribution < 1.29 is 13.9 Å². The third kappa shape index (κ3) is 8.03. The summed E-state index contributed by atoms with van der Waals surface area (Å²) in [5.74, 6) is 1.17. The molecule has 3 aromatic rings. The van der Waals surface area contributed by atoms with Gasteiger partial charge in [0, 0.05) is 26.2 Å². The second-order valence-corrected chi connectivity index (χ2v) is 10.2. The third-order valence-corrected chi connectivity index (χ3v) is 7.15. The number of halogens is 6. The maximum absolute atomic E-state index is 13.0. The molecule has 1 N–H and O–H groups in total. The van der Waals surface area contributed by atoms with Crippen molar-refractivity contribution in [2.45, 2.75) is 13.0 Å². The molecule has 2 aliphatic rings. The molecule has 39 heavy (non-hydrogen) atoms. The van der Waals surface area contributed by atoms with Crippen LogP contribution < -0.4 is 15.1 Å². The Hall–Kier alpha value is -1.99. The molecular weight excluding hydrogens is 617 g/mol. The molecule has 210 valence electrons. The van der Waals surface area contributed by atoms with Gasteiger partial charge in [-0.3, -0.25) is 4.98 Å². The zero-order valence-corrected chi connectivity index (χ0v) is 24.5. The third-order valence-electron chi connectivity index (χ3n) is 5.74. The van der Waals surface area contributed by atoms with Crippen LogP contribution in [-0.2, 0) is 9.47 Å². The van der Waals surface area contributed by atoms with Gasteiger partial charge in [-0.2, -0.15) is 15.0 Å². The molecular formula is C23H24Cl5FN8O2. The van der Waals surface area contributed by atoms with E-state index in [1.807, 2.05) is 16.7 Å². The van der Waals surface area contributed by atoms with Crippen molar-refractivity contribution in [1.29, 1.82) is 0 Å². The van der Waals surface area contributed by atoms with Crippen LogP contribution in [0, 0.1) is 5.82 Å². The smallest absolute Gasteiger partial charge is 0.226 e. The molecule has 0 saturated carbocycles. The highest BCUT2D eigenvalue weighted by Gasteiger charge is 2.22. The summed E-state index contributed by atoms with van der Waals surface area (Å²) in [6.45, 7) is 7.20. The maximum Gasteiger partial charge on any atom is 0.226 e. The molecule has 2 fully saturated rings. The second-order valence-electron chi connectivity index (χ2n) is 8.37. The van der Waals surface area contributed by atoms with E-state index in [2.05, 4.69) is 30.2 Å². The van der Waals surface area contributed by atoms with Crippen LogP contribution in [0.15, 0.2) is 18.3 Å². The standard InChI is InChI=1S/C15H16Cl2FN5O.C8H8Cl3N3O/c1-9(11-3-2-10(18)8-19-11)20-13-12(16)14(22-15(17)21-13)23-4-6-24-7-5-23;9-5-6(10)12-8(11)13-7(5)14-1-3-15-4-2-14/h2-3,8-9H,4-7H2,1H3,(H,20,21,22);1-4H2. The van der Waals surface area contributed by atoms with Gasteiger partial charge in [-0.25, -0.2) is 9.37 Å². The first-order chi connectivity index (χ1) is 18.7. The van der Waals surface area contributed by atoms with Crippen molar-refractivity contribution in [3.8, 4) is 0 Å². The summed E-state index contributed by atoms with van der Waals surface area (Å²) in [5.41, 5.74) is 0.662. The Morgan fingerprint density at radius 2 is 1.33 bits per heavy atom. The first-order valence-electron chi connectivity index (χ1n) is 11.9. The quantitative estimate of drug-likeness (QED) is 0.280. The lowest BCUT2D eigenvalue weighted by Gasteiger charge is -2.29. The molecule has 5 heterocycles. The fourth-order valence-corrected chi connectivity index (χ4v) is 4.78.